The van der Waals surface area contributed by atoms with Crippen molar-refractivity contribution in [3.8, 4) is 5.75 Å². The Labute approximate surface area is 262 Å². The van der Waals surface area contributed by atoms with E-state index in [1.54, 1.807) is 7.11 Å². The minimum atomic E-state index is -5.08. The molecule has 0 aliphatic carbocycles. The number of benzene rings is 1. The van der Waals surface area contributed by atoms with Gasteiger partial charge in [-0.05, 0) is 67.6 Å². The number of methoxy groups -OCH3 is 1. The quantitative estimate of drug-likeness (QED) is 0.345. The predicted octanol–water partition coefficient (Wildman–Crippen LogP) is 5.48. The molecular weight excluding hydrogens is 661 g/mol. The fourth-order valence-corrected chi connectivity index (χ4v) is 4.65. The summed E-state index contributed by atoms with van der Waals surface area (Å²) in [5, 5.41) is 21.4. The summed E-state index contributed by atoms with van der Waals surface area (Å²) in [6.07, 6.45) is -9.35. The number of rotatable bonds is 5. The van der Waals surface area contributed by atoms with Crippen molar-refractivity contribution in [2.75, 3.05) is 33.3 Å². The largest absolute Gasteiger partial charge is 0.497 e. The number of piperidine rings is 1. The Hall–Kier alpha value is -4.13. The van der Waals surface area contributed by atoms with Gasteiger partial charge in [-0.1, -0.05) is 18.2 Å². The Bertz CT molecular complexity index is 1220. The third-order valence-electron chi connectivity index (χ3n) is 6.66. The van der Waals surface area contributed by atoms with E-state index in [9.17, 15) is 39.5 Å². The molecular formula is C28H32F9N3O7. The molecule has 2 saturated heterocycles. The number of likely N-dealkylation sites (tertiary alicyclic amines) is 2. The van der Waals surface area contributed by atoms with E-state index in [0.29, 0.717) is 5.41 Å². The summed E-state index contributed by atoms with van der Waals surface area (Å²) in [5.74, 6) is -7.34. The van der Waals surface area contributed by atoms with Crippen molar-refractivity contribution in [2.45, 2.75) is 50.9 Å². The van der Waals surface area contributed by atoms with Crippen LogP contribution in [0.1, 0.15) is 30.5 Å². The maximum absolute atomic E-state index is 10.6. The normalized spacial score (nSPS) is 18.4. The molecule has 2 aromatic rings. The second-order valence-electron chi connectivity index (χ2n) is 10.4. The maximum atomic E-state index is 10.6. The Balaban J connectivity index is 0.000000430. The smallest absolute Gasteiger partial charge is 0.490 e. The van der Waals surface area contributed by atoms with Crippen molar-refractivity contribution >= 4 is 17.9 Å². The predicted molar refractivity (Wildman–Crippen MR) is 145 cm³/mol. The number of carboxylic acids is 3. The molecule has 1 aromatic heterocycles. The minimum absolute atomic E-state index is 0.472. The zero-order valence-corrected chi connectivity index (χ0v) is 24.7. The topological polar surface area (TPSA) is 140 Å². The van der Waals surface area contributed by atoms with Gasteiger partial charge < -0.3 is 20.1 Å². The molecule has 10 nitrogen and oxygen atoms in total. The van der Waals surface area contributed by atoms with Crippen LogP contribution in [0.4, 0.5) is 39.5 Å². The van der Waals surface area contributed by atoms with E-state index in [0.717, 1.165) is 18.8 Å². The number of aromatic nitrogens is 1. The Morgan fingerprint density at radius 3 is 1.62 bits per heavy atom. The van der Waals surface area contributed by atoms with Crippen LogP contribution < -0.4 is 4.74 Å². The first-order valence-corrected chi connectivity index (χ1v) is 13.5. The highest BCUT2D eigenvalue weighted by Gasteiger charge is 2.41. The van der Waals surface area contributed by atoms with Gasteiger partial charge in [-0.2, -0.15) is 39.5 Å². The van der Waals surface area contributed by atoms with E-state index >= 15 is 0 Å². The number of aliphatic carboxylic acids is 3. The highest BCUT2D eigenvalue weighted by Crippen LogP contribution is 2.39. The van der Waals surface area contributed by atoms with Crippen molar-refractivity contribution in [2.24, 2.45) is 5.41 Å². The first-order chi connectivity index (χ1) is 21.6. The van der Waals surface area contributed by atoms with Crippen molar-refractivity contribution in [3.05, 3.63) is 59.9 Å². The van der Waals surface area contributed by atoms with Crippen molar-refractivity contribution in [3.63, 3.8) is 0 Å². The summed E-state index contributed by atoms with van der Waals surface area (Å²) in [6.45, 7) is 6.88. The van der Waals surface area contributed by atoms with E-state index in [1.807, 2.05) is 12.3 Å². The average molecular weight is 694 g/mol. The number of pyridine rings is 1. The molecule has 1 atom stereocenters. The molecule has 0 amide bonds. The molecule has 264 valence electrons. The van der Waals surface area contributed by atoms with Gasteiger partial charge in [0.25, 0.3) is 0 Å². The molecule has 2 aliphatic rings. The van der Waals surface area contributed by atoms with Gasteiger partial charge in [0.05, 0.1) is 12.8 Å². The second-order valence-corrected chi connectivity index (χ2v) is 10.4. The molecule has 2 fully saturated rings. The van der Waals surface area contributed by atoms with Gasteiger partial charge in [0.1, 0.15) is 5.75 Å². The van der Waals surface area contributed by atoms with Crippen LogP contribution in [0.15, 0.2) is 48.7 Å². The van der Waals surface area contributed by atoms with Gasteiger partial charge in [-0.25, -0.2) is 14.4 Å². The molecule has 0 radical (unpaired) electrons. The standard InChI is InChI=1S/C22H29N3O.3C2HF3O2/c1-26-21-8-6-19(7-9-21)15-25-14-11-22(18-25)10-4-13-24(17-22)16-20-5-2-3-12-23-20;3*3-2(4,5)1(6)7/h2-3,5-9,12H,4,10-11,13-18H2,1H3;3*(H,6,7). The Morgan fingerprint density at radius 2 is 1.21 bits per heavy atom. The third kappa shape index (κ3) is 15.8. The maximum Gasteiger partial charge on any atom is 0.490 e. The van der Waals surface area contributed by atoms with Crippen molar-refractivity contribution in [1.82, 2.24) is 14.8 Å². The molecule has 0 saturated carbocycles. The fraction of sp³-hybridized carbons (Fsp3) is 0.500. The lowest BCUT2D eigenvalue weighted by Gasteiger charge is -2.40. The first-order valence-electron chi connectivity index (χ1n) is 13.5. The molecule has 47 heavy (non-hydrogen) atoms. The lowest BCUT2D eigenvalue weighted by atomic mass is 9.79. The summed E-state index contributed by atoms with van der Waals surface area (Å²) in [7, 11) is 1.72. The van der Waals surface area contributed by atoms with E-state index in [1.165, 1.54) is 56.7 Å². The highest BCUT2D eigenvalue weighted by atomic mass is 19.4. The summed E-state index contributed by atoms with van der Waals surface area (Å²) in [4.78, 5) is 36.4. The van der Waals surface area contributed by atoms with Crippen molar-refractivity contribution < 1.29 is 74.0 Å². The summed E-state index contributed by atoms with van der Waals surface area (Å²) in [6, 6.07) is 14.7. The van der Waals surface area contributed by atoms with E-state index in [-0.39, 0.29) is 0 Å². The number of ether oxygens (including phenoxy) is 1. The van der Waals surface area contributed by atoms with Gasteiger partial charge in [0.15, 0.2) is 0 Å². The molecule has 3 heterocycles. The molecule has 1 spiro atoms. The van der Waals surface area contributed by atoms with Crippen LogP contribution in [-0.2, 0) is 27.5 Å². The van der Waals surface area contributed by atoms with Crippen LogP contribution in [-0.4, -0.2) is 99.8 Å². The number of alkyl halides is 9. The number of nitrogens with zero attached hydrogens (tertiary/aromatic N) is 3. The van der Waals surface area contributed by atoms with Crippen molar-refractivity contribution in [1.29, 1.82) is 0 Å². The monoisotopic (exact) mass is 693 g/mol. The summed E-state index contributed by atoms with van der Waals surface area (Å²) in [5.41, 5.74) is 3.04. The van der Waals surface area contributed by atoms with Gasteiger partial charge in [-0.3, -0.25) is 14.8 Å². The number of carboxylic acid groups (broad SMARTS) is 3. The molecule has 1 unspecified atom stereocenters. The first kappa shape index (κ1) is 40.9. The number of hydrogen-bond acceptors (Lipinski definition) is 7. The number of hydrogen-bond donors (Lipinski definition) is 3. The number of halogens is 9. The van der Waals surface area contributed by atoms with Gasteiger partial charge in [0, 0.05) is 32.4 Å². The lowest BCUT2D eigenvalue weighted by molar-refractivity contribution is -0.193. The van der Waals surface area contributed by atoms with Crippen LogP contribution in [0.2, 0.25) is 0 Å². The third-order valence-corrected chi connectivity index (χ3v) is 6.66. The van der Waals surface area contributed by atoms with Gasteiger partial charge in [-0.15, -0.1) is 0 Å². The van der Waals surface area contributed by atoms with Gasteiger partial charge >= 0.3 is 36.4 Å². The van der Waals surface area contributed by atoms with E-state index in [2.05, 4.69) is 51.2 Å². The molecule has 0 bridgehead atoms. The molecule has 3 N–H and O–H groups in total. The summed E-state index contributed by atoms with van der Waals surface area (Å²) >= 11 is 0. The molecule has 2 aliphatic heterocycles. The molecule has 19 heteroatoms. The van der Waals surface area contributed by atoms with Gasteiger partial charge in [0.2, 0.25) is 0 Å². The fourth-order valence-electron chi connectivity index (χ4n) is 4.65. The SMILES string of the molecule is COc1ccc(CN2CCC3(CCCN(Cc4ccccn4)C3)C2)cc1.O=C(O)C(F)(F)F.O=C(O)C(F)(F)F.O=C(O)C(F)(F)F. The second kappa shape index (κ2) is 17.7. The Kier molecular flexibility index (Phi) is 15.4. The van der Waals surface area contributed by atoms with Crippen LogP contribution in [0.25, 0.3) is 0 Å². The van der Waals surface area contributed by atoms with E-state index in [4.69, 9.17) is 34.4 Å². The molecule has 4 rings (SSSR count). The highest BCUT2D eigenvalue weighted by molar-refractivity contribution is 5.73. The zero-order chi connectivity index (χ0) is 36.1. The number of carbonyl (C=O) groups is 3. The van der Waals surface area contributed by atoms with Crippen LogP contribution in [0.5, 0.6) is 5.75 Å². The van der Waals surface area contributed by atoms with Crippen LogP contribution >= 0.6 is 0 Å². The zero-order valence-electron chi connectivity index (χ0n) is 24.7. The molecule has 1 aromatic carbocycles. The minimum Gasteiger partial charge on any atom is -0.497 e. The summed E-state index contributed by atoms with van der Waals surface area (Å²) < 4.78 is 100. The van der Waals surface area contributed by atoms with E-state index < -0.39 is 36.4 Å². The van der Waals surface area contributed by atoms with Crippen LogP contribution in [0.3, 0.4) is 0 Å². The van der Waals surface area contributed by atoms with Crippen LogP contribution in [0, 0.1) is 5.41 Å². The lowest BCUT2D eigenvalue weighted by Crippen LogP contribution is -2.44. The average Bonchev–Trinajstić information content (AvgIpc) is 3.34. The Morgan fingerprint density at radius 1 is 0.745 bits per heavy atom.